The summed E-state index contributed by atoms with van der Waals surface area (Å²) in [6.45, 7) is 0.328. The van der Waals surface area contributed by atoms with Gasteiger partial charge < -0.3 is 48.5 Å². The second-order valence-corrected chi connectivity index (χ2v) is 8.89. The first kappa shape index (κ1) is 32.8. The van der Waals surface area contributed by atoms with Gasteiger partial charge in [-0.05, 0) is 49.9 Å². The van der Waals surface area contributed by atoms with E-state index in [4.69, 9.17) is 22.3 Å². The Bertz CT molecular complexity index is 1020. The lowest BCUT2D eigenvalue weighted by atomic mass is 10.0. The third kappa shape index (κ3) is 12.7. The number of aromatic hydroxyl groups is 1. The molecule has 0 saturated heterocycles. The zero-order chi connectivity index (χ0) is 29.5. The van der Waals surface area contributed by atoms with Gasteiger partial charge in [0, 0.05) is 12.8 Å². The van der Waals surface area contributed by atoms with Crippen LogP contribution in [0.25, 0.3) is 0 Å². The Morgan fingerprint density at radius 3 is 1.90 bits per heavy atom. The van der Waals surface area contributed by atoms with Gasteiger partial charge >= 0.3 is 11.9 Å². The summed E-state index contributed by atoms with van der Waals surface area (Å²) in [4.78, 5) is 72.6. The molecule has 15 nitrogen and oxygen atoms in total. The van der Waals surface area contributed by atoms with Crippen LogP contribution in [0, 0.1) is 0 Å². The van der Waals surface area contributed by atoms with Gasteiger partial charge in [-0.25, -0.2) is 4.79 Å². The molecule has 0 radical (unpaired) electrons. The number of rotatable bonds is 18. The largest absolute Gasteiger partial charge is 0.508 e. The first-order valence-electron chi connectivity index (χ1n) is 12.2. The molecule has 4 amide bonds. The minimum absolute atomic E-state index is 0.0443. The normalized spacial score (nSPS) is 13.8. The monoisotopic (exact) mass is 552 g/mol. The second-order valence-electron chi connectivity index (χ2n) is 8.89. The third-order valence-corrected chi connectivity index (χ3v) is 5.61. The number of amides is 4. The van der Waals surface area contributed by atoms with Crippen molar-refractivity contribution in [1.29, 1.82) is 0 Å². The standard InChI is InChI=1S/C24H36N6O9/c25-10-2-1-3-16(24(38)39)28-23(37)18(12-19(27)32)30-22(36)17(11-13-4-6-14(31)7-5-13)29-21(35)15(26)8-9-20(33)34/h4-7,15-18,31H,1-3,8-12,25-26H2,(H2,27,32)(H,28,37)(H,29,35)(H,30,36)(H,33,34)(H,38,39). The van der Waals surface area contributed by atoms with Crippen LogP contribution in [0.2, 0.25) is 0 Å². The van der Waals surface area contributed by atoms with Crippen LogP contribution in [0.5, 0.6) is 5.75 Å². The predicted molar refractivity (Wildman–Crippen MR) is 137 cm³/mol. The molecule has 0 aliphatic carbocycles. The Labute approximate surface area is 224 Å². The molecule has 1 aromatic carbocycles. The summed E-state index contributed by atoms with van der Waals surface area (Å²) < 4.78 is 0. The number of carbonyl (C=O) groups is 6. The van der Waals surface area contributed by atoms with E-state index >= 15 is 0 Å². The number of unbranched alkanes of at least 4 members (excludes halogenated alkanes) is 1. The molecule has 15 heteroatoms. The van der Waals surface area contributed by atoms with Crippen LogP contribution in [0.1, 0.15) is 44.1 Å². The van der Waals surface area contributed by atoms with E-state index in [0.717, 1.165) is 0 Å². The van der Waals surface area contributed by atoms with Crippen LogP contribution in [0.15, 0.2) is 24.3 Å². The lowest BCUT2D eigenvalue weighted by Crippen LogP contribution is -2.58. The highest BCUT2D eigenvalue weighted by atomic mass is 16.4. The van der Waals surface area contributed by atoms with E-state index in [1.54, 1.807) is 0 Å². The highest BCUT2D eigenvalue weighted by Gasteiger charge is 2.31. The molecule has 0 aliphatic heterocycles. The Balaban J connectivity index is 3.11. The number of nitrogens with two attached hydrogens (primary N) is 3. The second kappa shape index (κ2) is 16.6. The van der Waals surface area contributed by atoms with E-state index in [-0.39, 0.29) is 31.4 Å². The summed E-state index contributed by atoms with van der Waals surface area (Å²) >= 11 is 0. The van der Waals surface area contributed by atoms with Crippen molar-refractivity contribution in [3.05, 3.63) is 29.8 Å². The summed E-state index contributed by atoms with van der Waals surface area (Å²) in [5.74, 6) is -6.22. The molecule has 0 saturated carbocycles. The number of primary amides is 1. The van der Waals surface area contributed by atoms with Crippen molar-refractivity contribution >= 4 is 35.6 Å². The Hall–Kier alpha value is -4.24. The van der Waals surface area contributed by atoms with E-state index in [0.29, 0.717) is 24.9 Å². The topological polar surface area (TPSA) is 277 Å². The van der Waals surface area contributed by atoms with Crippen molar-refractivity contribution in [1.82, 2.24) is 16.0 Å². The number of phenols is 1. The van der Waals surface area contributed by atoms with E-state index < -0.39 is 66.2 Å². The average molecular weight is 553 g/mol. The number of carboxylic acid groups (broad SMARTS) is 2. The quantitative estimate of drug-likeness (QED) is 0.0871. The molecule has 12 N–H and O–H groups in total. The number of benzene rings is 1. The van der Waals surface area contributed by atoms with E-state index in [9.17, 15) is 39.0 Å². The lowest BCUT2D eigenvalue weighted by Gasteiger charge is -2.25. The van der Waals surface area contributed by atoms with Crippen molar-refractivity contribution in [3.63, 3.8) is 0 Å². The number of phenolic OH excluding ortho intramolecular Hbond substituents is 1. The number of nitrogens with one attached hydrogen (secondary N) is 3. The SMILES string of the molecule is NCCCCC(NC(=O)C(CC(N)=O)NC(=O)C(Cc1ccc(O)cc1)NC(=O)C(N)CCC(=O)O)C(=O)O. The fraction of sp³-hybridized carbons (Fsp3) is 0.500. The maximum absolute atomic E-state index is 13.2. The fourth-order valence-electron chi connectivity index (χ4n) is 3.47. The molecule has 0 aromatic heterocycles. The van der Waals surface area contributed by atoms with Crippen molar-refractivity contribution in [2.75, 3.05) is 6.54 Å². The van der Waals surface area contributed by atoms with E-state index in [1.165, 1.54) is 24.3 Å². The average Bonchev–Trinajstić information content (AvgIpc) is 2.86. The van der Waals surface area contributed by atoms with Crippen molar-refractivity contribution in [2.24, 2.45) is 17.2 Å². The summed E-state index contributed by atoms with van der Waals surface area (Å²) in [6, 6.07) is 0.195. The summed E-state index contributed by atoms with van der Waals surface area (Å²) in [5.41, 5.74) is 16.9. The minimum atomic E-state index is -1.56. The van der Waals surface area contributed by atoms with Gasteiger partial charge in [0.1, 0.15) is 23.9 Å². The third-order valence-electron chi connectivity index (χ3n) is 5.61. The molecule has 39 heavy (non-hydrogen) atoms. The molecular weight excluding hydrogens is 516 g/mol. The molecule has 4 unspecified atom stereocenters. The predicted octanol–water partition coefficient (Wildman–Crippen LogP) is -2.33. The van der Waals surface area contributed by atoms with Crippen LogP contribution in [0.4, 0.5) is 0 Å². The zero-order valence-corrected chi connectivity index (χ0v) is 21.3. The number of carboxylic acids is 2. The molecule has 1 aromatic rings. The van der Waals surface area contributed by atoms with Crippen molar-refractivity contribution in [3.8, 4) is 5.75 Å². The van der Waals surface area contributed by atoms with Crippen molar-refractivity contribution < 1.29 is 44.1 Å². The lowest BCUT2D eigenvalue weighted by molar-refractivity contribution is -0.142. The summed E-state index contributed by atoms with van der Waals surface area (Å²) in [5, 5.41) is 34.8. The number of aliphatic carboxylic acids is 2. The fourth-order valence-corrected chi connectivity index (χ4v) is 3.47. The van der Waals surface area contributed by atoms with Gasteiger partial charge in [0.25, 0.3) is 0 Å². The Morgan fingerprint density at radius 2 is 1.36 bits per heavy atom. The van der Waals surface area contributed by atoms with E-state index in [1.807, 2.05) is 0 Å². The van der Waals surface area contributed by atoms with Gasteiger partial charge in [-0.3, -0.25) is 24.0 Å². The highest BCUT2D eigenvalue weighted by molar-refractivity contribution is 5.96. The minimum Gasteiger partial charge on any atom is -0.508 e. The molecular formula is C24H36N6O9. The summed E-state index contributed by atoms with van der Waals surface area (Å²) in [7, 11) is 0. The molecule has 0 aliphatic rings. The number of hydrogen-bond donors (Lipinski definition) is 9. The molecule has 1 rings (SSSR count). The Morgan fingerprint density at radius 1 is 0.795 bits per heavy atom. The van der Waals surface area contributed by atoms with Gasteiger partial charge in [-0.1, -0.05) is 12.1 Å². The van der Waals surface area contributed by atoms with Crippen LogP contribution >= 0.6 is 0 Å². The molecule has 216 valence electrons. The highest BCUT2D eigenvalue weighted by Crippen LogP contribution is 2.12. The van der Waals surface area contributed by atoms with Crippen LogP contribution in [-0.2, 0) is 35.2 Å². The van der Waals surface area contributed by atoms with Crippen molar-refractivity contribution in [2.45, 2.75) is 69.1 Å². The van der Waals surface area contributed by atoms with Gasteiger partial charge in [0.15, 0.2) is 0 Å². The van der Waals surface area contributed by atoms with Crippen LogP contribution < -0.4 is 33.2 Å². The summed E-state index contributed by atoms with van der Waals surface area (Å²) in [6.07, 6.45) is -0.403. The first-order valence-corrected chi connectivity index (χ1v) is 12.2. The zero-order valence-electron chi connectivity index (χ0n) is 21.3. The molecule has 4 atom stereocenters. The molecule has 0 bridgehead atoms. The molecule has 0 spiro atoms. The van der Waals surface area contributed by atoms with Gasteiger partial charge in [0.05, 0.1) is 12.5 Å². The smallest absolute Gasteiger partial charge is 0.326 e. The van der Waals surface area contributed by atoms with Gasteiger partial charge in [0.2, 0.25) is 23.6 Å². The maximum Gasteiger partial charge on any atom is 0.326 e. The molecule has 0 heterocycles. The Kier molecular flexibility index (Phi) is 13.9. The van der Waals surface area contributed by atoms with Crippen LogP contribution in [-0.4, -0.2) is 81.6 Å². The number of hydrogen-bond acceptors (Lipinski definition) is 9. The van der Waals surface area contributed by atoms with Gasteiger partial charge in [-0.15, -0.1) is 0 Å². The molecule has 0 fully saturated rings. The van der Waals surface area contributed by atoms with Crippen LogP contribution in [0.3, 0.4) is 0 Å². The first-order chi connectivity index (χ1) is 18.3. The number of carbonyl (C=O) groups excluding carboxylic acids is 4. The maximum atomic E-state index is 13.2. The van der Waals surface area contributed by atoms with Gasteiger partial charge in [-0.2, -0.15) is 0 Å². The van der Waals surface area contributed by atoms with E-state index in [2.05, 4.69) is 16.0 Å².